The van der Waals surface area contributed by atoms with E-state index in [9.17, 15) is 0 Å². The van der Waals surface area contributed by atoms with Gasteiger partial charge in [0.05, 0.1) is 0 Å². The summed E-state index contributed by atoms with van der Waals surface area (Å²) in [6.07, 6.45) is 0. The van der Waals surface area contributed by atoms with Gasteiger partial charge in [0.1, 0.15) is 0 Å². The van der Waals surface area contributed by atoms with Crippen molar-refractivity contribution in [2.75, 3.05) is 24.6 Å². The molecule has 0 aromatic rings. The third-order valence-corrected chi connectivity index (χ3v) is 7.81. The molecule has 0 spiro atoms. The van der Waals surface area contributed by atoms with Crippen LogP contribution in [0.1, 0.15) is 0 Å². The molecule has 0 aliphatic carbocycles. The van der Waals surface area contributed by atoms with E-state index in [4.69, 9.17) is 11.5 Å². The molecule has 0 unspecified atom stereocenters. The third-order valence-electron chi connectivity index (χ3n) is 0.499. The second kappa shape index (κ2) is 9.14. The molecule has 0 radical (unpaired) electrons. The average molecular weight is 231 g/mol. The number of hydrogen-bond donors (Lipinski definition) is 2. The Labute approximate surface area is 69.2 Å². The van der Waals surface area contributed by atoms with Crippen molar-refractivity contribution in [2.24, 2.45) is 11.5 Å². The molecule has 0 aromatic carbocycles. The van der Waals surface area contributed by atoms with Gasteiger partial charge in [0.2, 0.25) is 0 Å². The summed E-state index contributed by atoms with van der Waals surface area (Å²) in [6.45, 7) is 1.60. The normalized spacial score (nSPS) is 10.0. The predicted molar refractivity (Wildman–Crippen MR) is 48.8 cm³/mol. The van der Waals surface area contributed by atoms with Crippen LogP contribution >= 0.6 is 20.4 Å². The molecule has 0 saturated carbocycles. The molecule has 0 aliphatic rings. The van der Waals surface area contributed by atoms with Gasteiger partial charge in [-0.25, -0.2) is 0 Å². The van der Waals surface area contributed by atoms with Crippen LogP contribution in [0.15, 0.2) is 0 Å². The topological polar surface area (TPSA) is 52.0 Å². The van der Waals surface area contributed by atoms with Gasteiger partial charge < -0.3 is 0 Å². The third kappa shape index (κ3) is 9.14. The van der Waals surface area contributed by atoms with Crippen molar-refractivity contribution >= 4 is 33.1 Å². The Morgan fingerprint density at radius 2 is 1.44 bits per heavy atom. The predicted octanol–water partition coefficient (Wildman–Crippen LogP) is -0.0956. The fraction of sp³-hybridized carbons (Fsp3) is 1.00. The number of rotatable bonds is 6. The van der Waals surface area contributed by atoms with Crippen molar-refractivity contribution in [1.29, 1.82) is 0 Å². The first-order valence-corrected chi connectivity index (χ1v) is 8.74. The Morgan fingerprint density at radius 1 is 1.00 bits per heavy atom. The molecule has 0 fully saturated rings. The second-order valence-electron chi connectivity index (χ2n) is 1.29. The maximum absolute atomic E-state index is 5.30. The molecule has 0 rings (SSSR count). The first-order valence-electron chi connectivity index (χ1n) is 2.73. The zero-order chi connectivity index (χ0) is 6.95. The number of hydrogen-bond acceptors (Lipinski definition) is 4. The van der Waals surface area contributed by atoms with E-state index in [1.54, 1.807) is 0 Å². The van der Waals surface area contributed by atoms with Crippen molar-refractivity contribution in [3.63, 3.8) is 0 Å². The van der Waals surface area contributed by atoms with Crippen LogP contribution < -0.4 is 11.5 Å². The molecule has 0 heterocycles. The molecule has 4 N–H and O–H groups in total. The molecule has 0 saturated heterocycles. The second-order valence-corrected chi connectivity index (χ2v) is 8.66. The summed E-state index contributed by atoms with van der Waals surface area (Å²) in [7, 11) is 3.88. The molecule has 0 atom stereocenters. The number of nitrogens with two attached hydrogens (primary N) is 2. The van der Waals surface area contributed by atoms with E-state index in [0.717, 1.165) is 24.6 Å². The summed E-state index contributed by atoms with van der Waals surface area (Å²) < 4.78 is 0. The quantitative estimate of drug-likeness (QED) is 0.495. The van der Waals surface area contributed by atoms with Gasteiger partial charge in [0.25, 0.3) is 0 Å². The molecule has 9 heavy (non-hydrogen) atoms. The summed E-state index contributed by atoms with van der Waals surface area (Å²) >= 11 is 0.652. The van der Waals surface area contributed by atoms with E-state index in [0.29, 0.717) is 12.7 Å². The average Bonchev–Trinajstić information content (AvgIpc) is 1.89. The molecule has 2 nitrogen and oxygen atoms in total. The van der Waals surface area contributed by atoms with Crippen LogP contribution in [-0.2, 0) is 0 Å². The zero-order valence-corrected chi connectivity index (χ0v) is 8.55. The SMILES string of the molecule is NCCS[Se]SCCN. The Morgan fingerprint density at radius 3 is 1.78 bits per heavy atom. The summed E-state index contributed by atoms with van der Waals surface area (Å²) in [5.74, 6) is 2.19. The fourth-order valence-corrected chi connectivity index (χ4v) is 6.27. The summed E-state index contributed by atoms with van der Waals surface area (Å²) in [5.41, 5.74) is 10.6. The first-order chi connectivity index (χ1) is 4.41. The van der Waals surface area contributed by atoms with Gasteiger partial charge in [0.15, 0.2) is 0 Å². The zero-order valence-electron chi connectivity index (χ0n) is 5.21. The van der Waals surface area contributed by atoms with Gasteiger partial charge in [0, 0.05) is 0 Å². The molecule has 0 aliphatic heterocycles. The van der Waals surface area contributed by atoms with Crippen molar-refractivity contribution in [2.45, 2.75) is 0 Å². The van der Waals surface area contributed by atoms with E-state index in [-0.39, 0.29) is 0 Å². The van der Waals surface area contributed by atoms with Gasteiger partial charge in [-0.1, -0.05) is 0 Å². The Balaban J connectivity index is 2.60. The van der Waals surface area contributed by atoms with Crippen LogP contribution in [0.5, 0.6) is 0 Å². The molecule has 0 bridgehead atoms. The van der Waals surface area contributed by atoms with Gasteiger partial charge >= 0.3 is 69.1 Å². The van der Waals surface area contributed by atoms with Crippen molar-refractivity contribution in [1.82, 2.24) is 0 Å². The van der Waals surface area contributed by atoms with E-state index >= 15 is 0 Å². The van der Waals surface area contributed by atoms with E-state index < -0.39 is 0 Å². The van der Waals surface area contributed by atoms with Crippen LogP contribution in [0, 0.1) is 0 Å². The molecule has 0 aromatic heterocycles. The van der Waals surface area contributed by atoms with Gasteiger partial charge in [-0.3, -0.25) is 0 Å². The summed E-state index contributed by atoms with van der Waals surface area (Å²) in [4.78, 5) is 0. The van der Waals surface area contributed by atoms with Crippen molar-refractivity contribution in [3.8, 4) is 0 Å². The van der Waals surface area contributed by atoms with Crippen LogP contribution in [0.3, 0.4) is 0 Å². The first kappa shape index (κ1) is 10.1. The minimum atomic E-state index is 0.652. The van der Waals surface area contributed by atoms with Crippen LogP contribution in [0.2, 0.25) is 0 Å². The molecular weight excluding hydrogens is 219 g/mol. The monoisotopic (exact) mass is 232 g/mol. The van der Waals surface area contributed by atoms with Gasteiger partial charge in [-0.05, 0) is 0 Å². The summed E-state index contributed by atoms with van der Waals surface area (Å²) in [5, 5.41) is 0. The molecule has 0 amide bonds. The van der Waals surface area contributed by atoms with E-state index in [1.165, 1.54) is 0 Å². The van der Waals surface area contributed by atoms with Gasteiger partial charge in [-0.2, -0.15) is 0 Å². The molecule has 56 valence electrons. The standard InChI is InChI=1S/C4H12N2S2Se/c5-1-3-7-9-8-4-2-6/h1-6H2. The Hall–Kier alpha value is 1.14. The Bertz CT molecular complexity index is 49.8. The van der Waals surface area contributed by atoms with Crippen molar-refractivity contribution in [3.05, 3.63) is 0 Å². The minimum absolute atomic E-state index is 0.652. The molecule has 5 heteroatoms. The van der Waals surface area contributed by atoms with Crippen LogP contribution in [0.4, 0.5) is 0 Å². The Kier molecular flexibility index (Phi) is 10.3. The van der Waals surface area contributed by atoms with Crippen LogP contribution in [-0.4, -0.2) is 37.3 Å². The van der Waals surface area contributed by atoms with Crippen molar-refractivity contribution < 1.29 is 0 Å². The fourth-order valence-electron chi connectivity index (χ4n) is 0.198. The summed E-state index contributed by atoms with van der Waals surface area (Å²) in [6, 6.07) is 0. The van der Waals surface area contributed by atoms with E-state index in [1.807, 2.05) is 20.4 Å². The van der Waals surface area contributed by atoms with Crippen LogP contribution in [0.25, 0.3) is 0 Å². The molecular formula is C4H12N2S2Se. The maximum atomic E-state index is 5.30. The van der Waals surface area contributed by atoms with Gasteiger partial charge in [-0.15, -0.1) is 0 Å². The van der Waals surface area contributed by atoms with E-state index in [2.05, 4.69) is 0 Å².